The fourth-order valence-corrected chi connectivity index (χ4v) is 5.90. The van der Waals surface area contributed by atoms with Crippen LogP contribution in [0.3, 0.4) is 0 Å². The molecule has 2 aromatic carbocycles. The van der Waals surface area contributed by atoms with E-state index in [0.29, 0.717) is 0 Å². The summed E-state index contributed by atoms with van der Waals surface area (Å²) in [5.74, 6) is -1.33. The molecule has 0 radical (unpaired) electrons. The molecule has 1 unspecified atom stereocenters. The molecule has 1 aliphatic carbocycles. The molecule has 176 valence electrons. The summed E-state index contributed by atoms with van der Waals surface area (Å²) >= 11 is 12.6. The highest BCUT2D eigenvalue weighted by Crippen LogP contribution is 2.46. The molecule has 34 heavy (non-hydrogen) atoms. The van der Waals surface area contributed by atoms with Crippen molar-refractivity contribution in [2.24, 2.45) is 0 Å². The Bertz CT molecular complexity index is 1300. The minimum absolute atomic E-state index is 0.0395. The molecule has 2 heterocycles. The number of likely N-dealkylation sites (tertiary alicyclic amines) is 1. The van der Waals surface area contributed by atoms with Crippen LogP contribution in [0.2, 0.25) is 10.0 Å². The number of amides is 1. The van der Waals surface area contributed by atoms with E-state index in [4.69, 9.17) is 27.9 Å². The number of aromatic amines is 1. The second kappa shape index (κ2) is 9.01. The van der Waals surface area contributed by atoms with Crippen LogP contribution in [-0.2, 0) is 9.59 Å². The lowest BCUT2D eigenvalue weighted by molar-refractivity contribution is -0.141. The standard InChI is InChI=1S/C26H24Cl2N2O4/c1-34-25-18(27)11-14(12-19(25)28)23(31)21-22(17-13-29-20-10-6-5-9-16(17)20)30(26(33)24(21)32)15-7-3-2-4-8-15/h5-6,9-13,15,22,29,31H,2-4,7-8H2,1H3/b23-21+. The van der Waals surface area contributed by atoms with Crippen molar-refractivity contribution in [2.75, 3.05) is 7.11 Å². The number of para-hydroxylation sites is 1. The van der Waals surface area contributed by atoms with Crippen molar-refractivity contribution in [3.05, 3.63) is 69.3 Å². The zero-order valence-electron chi connectivity index (χ0n) is 18.6. The van der Waals surface area contributed by atoms with Crippen LogP contribution in [0.15, 0.2) is 48.2 Å². The Labute approximate surface area is 207 Å². The van der Waals surface area contributed by atoms with E-state index < -0.39 is 17.7 Å². The molecule has 2 aliphatic rings. The zero-order valence-corrected chi connectivity index (χ0v) is 20.1. The van der Waals surface area contributed by atoms with Gasteiger partial charge in [0.25, 0.3) is 11.7 Å². The Balaban J connectivity index is 1.73. The number of ketones is 1. The van der Waals surface area contributed by atoms with Crippen molar-refractivity contribution in [1.82, 2.24) is 9.88 Å². The highest BCUT2D eigenvalue weighted by atomic mass is 35.5. The van der Waals surface area contributed by atoms with E-state index in [2.05, 4.69) is 4.98 Å². The third-order valence-corrected chi connectivity index (χ3v) is 7.40. The molecule has 2 N–H and O–H groups in total. The molecular weight excluding hydrogens is 475 g/mol. The van der Waals surface area contributed by atoms with Crippen molar-refractivity contribution < 1.29 is 19.4 Å². The van der Waals surface area contributed by atoms with E-state index in [1.165, 1.54) is 19.2 Å². The first-order valence-electron chi connectivity index (χ1n) is 11.3. The van der Waals surface area contributed by atoms with Gasteiger partial charge in [0.2, 0.25) is 0 Å². The Hall–Kier alpha value is -2.96. The van der Waals surface area contributed by atoms with Crippen LogP contribution in [0.5, 0.6) is 5.75 Å². The fourth-order valence-electron chi connectivity index (χ4n) is 5.26. The van der Waals surface area contributed by atoms with Gasteiger partial charge in [0, 0.05) is 34.3 Å². The average molecular weight is 499 g/mol. The summed E-state index contributed by atoms with van der Waals surface area (Å²) in [6.45, 7) is 0. The van der Waals surface area contributed by atoms with Crippen LogP contribution in [-0.4, -0.2) is 39.8 Å². The van der Waals surface area contributed by atoms with Crippen molar-refractivity contribution in [3.8, 4) is 5.75 Å². The minimum atomic E-state index is -0.723. The lowest BCUT2D eigenvalue weighted by atomic mass is 9.91. The van der Waals surface area contributed by atoms with Crippen molar-refractivity contribution >= 4 is 51.6 Å². The van der Waals surface area contributed by atoms with E-state index in [1.54, 1.807) is 4.90 Å². The van der Waals surface area contributed by atoms with Crippen LogP contribution < -0.4 is 4.74 Å². The molecule has 0 bridgehead atoms. The molecular formula is C26H24Cl2N2O4. The quantitative estimate of drug-likeness (QED) is 0.253. The second-order valence-corrected chi connectivity index (χ2v) is 9.58. The summed E-state index contributed by atoms with van der Waals surface area (Å²) in [6.07, 6.45) is 6.58. The number of ether oxygens (including phenoxy) is 1. The molecule has 1 saturated carbocycles. The highest BCUT2D eigenvalue weighted by molar-refractivity contribution is 6.47. The Morgan fingerprint density at radius 1 is 1.09 bits per heavy atom. The summed E-state index contributed by atoms with van der Waals surface area (Å²) < 4.78 is 5.20. The van der Waals surface area contributed by atoms with Gasteiger partial charge in [0.15, 0.2) is 5.75 Å². The Morgan fingerprint density at radius 3 is 2.44 bits per heavy atom. The first kappa shape index (κ1) is 22.8. The summed E-state index contributed by atoms with van der Waals surface area (Å²) in [5.41, 5.74) is 1.95. The van der Waals surface area contributed by atoms with Gasteiger partial charge in [0.05, 0.1) is 28.8 Å². The van der Waals surface area contributed by atoms with Crippen LogP contribution in [0.4, 0.5) is 0 Å². The smallest absolute Gasteiger partial charge is 0.295 e. The largest absolute Gasteiger partial charge is 0.507 e. The number of hydrogen-bond donors (Lipinski definition) is 2. The maximum Gasteiger partial charge on any atom is 0.295 e. The molecule has 2 fully saturated rings. The highest BCUT2D eigenvalue weighted by Gasteiger charge is 2.49. The lowest BCUT2D eigenvalue weighted by Gasteiger charge is -2.35. The number of nitrogens with zero attached hydrogens (tertiary/aromatic N) is 1. The van der Waals surface area contributed by atoms with Gasteiger partial charge in [-0.2, -0.15) is 0 Å². The van der Waals surface area contributed by atoms with Gasteiger partial charge in [0.1, 0.15) is 5.76 Å². The molecule has 5 rings (SSSR count). The Kier molecular flexibility index (Phi) is 6.04. The first-order chi connectivity index (χ1) is 16.4. The number of carbonyl (C=O) groups is 2. The fraction of sp³-hybridized carbons (Fsp3) is 0.308. The predicted octanol–water partition coefficient (Wildman–Crippen LogP) is 6.24. The van der Waals surface area contributed by atoms with E-state index in [-0.39, 0.29) is 38.7 Å². The molecule has 6 nitrogen and oxygen atoms in total. The van der Waals surface area contributed by atoms with Gasteiger partial charge >= 0.3 is 0 Å². The van der Waals surface area contributed by atoms with E-state index in [0.717, 1.165) is 48.6 Å². The molecule has 1 aromatic heterocycles. The van der Waals surface area contributed by atoms with Gasteiger partial charge < -0.3 is 19.7 Å². The van der Waals surface area contributed by atoms with Crippen LogP contribution in [0.1, 0.15) is 49.3 Å². The summed E-state index contributed by atoms with van der Waals surface area (Å²) in [4.78, 5) is 31.7. The third-order valence-electron chi connectivity index (χ3n) is 6.84. The number of carbonyl (C=O) groups excluding carboxylic acids is 2. The number of aliphatic hydroxyl groups is 1. The van der Waals surface area contributed by atoms with Crippen LogP contribution >= 0.6 is 23.2 Å². The molecule has 8 heteroatoms. The molecule has 3 aromatic rings. The van der Waals surface area contributed by atoms with Crippen molar-refractivity contribution in [2.45, 2.75) is 44.2 Å². The Morgan fingerprint density at radius 2 is 1.76 bits per heavy atom. The number of halogens is 2. The lowest BCUT2D eigenvalue weighted by Crippen LogP contribution is -2.40. The molecule has 1 aliphatic heterocycles. The minimum Gasteiger partial charge on any atom is -0.507 e. The topological polar surface area (TPSA) is 82.6 Å². The number of fused-ring (bicyclic) bond motifs is 1. The molecule has 0 spiro atoms. The monoisotopic (exact) mass is 498 g/mol. The number of rotatable bonds is 4. The van der Waals surface area contributed by atoms with Crippen LogP contribution in [0, 0.1) is 0 Å². The third kappa shape index (κ3) is 3.65. The van der Waals surface area contributed by atoms with Crippen molar-refractivity contribution in [1.29, 1.82) is 0 Å². The van der Waals surface area contributed by atoms with Gasteiger partial charge in [-0.25, -0.2) is 0 Å². The molecule has 1 amide bonds. The number of hydrogen-bond acceptors (Lipinski definition) is 4. The second-order valence-electron chi connectivity index (χ2n) is 8.76. The van der Waals surface area contributed by atoms with E-state index in [9.17, 15) is 14.7 Å². The maximum atomic E-state index is 13.4. The van der Waals surface area contributed by atoms with E-state index in [1.807, 2.05) is 30.5 Å². The normalized spacial score (nSPS) is 20.9. The number of H-pyrrole nitrogens is 1. The summed E-state index contributed by atoms with van der Waals surface area (Å²) in [5, 5.41) is 12.7. The summed E-state index contributed by atoms with van der Waals surface area (Å²) in [7, 11) is 1.44. The number of nitrogens with one attached hydrogen (secondary N) is 1. The van der Waals surface area contributed by atoms with E-state index >= 15 is 0 Å². The van der Waals surface area contributed by atoms with Gasteiger partial charge in [-0.15, -0.1) is 0 Å². The van der Waals surface area contributed by atoms with Crippen molar-refractivity contribution in [3.63, 3.8) is 0 Å². The number of methoxy groups -OCH3 is 1. The predicted molar refractivity (Wildman–Crippen MR) is 132 cm³/mol. The van der Waals surface area contributed by atoms with Crippen LogP contribution in [0.25, 0.3) is 16.7 Å². The zero-order chi connectivity index (χ0) is 24.0. The first-order valence-corrected chi connectivity index (χ1v) is 12.1. The number of aliphatic hydroxyl groups excluding tert-OH is 1. The molecule has 1 saturated heterocycles. The summed E-state index contributed by atoms with van der Waals surface area (Å²) in [6, 6.07) is 9.90. The number of Topliss-reactive ketones (excluding diaryl/α,β-unsaturated/α-hetero) is 1. The number of aromatic nitrogens is 1. The van der Waals surface area contributed by atoms with Gasteiger partial charge in [-0.1, -0.05) is 60.7 Å². The molecule has 1 atom stereocenters. The number of benzene rings is 2. The van der Waals surface area contributed by atoms with Gasteiger partial charge in [-0.05, 0) is 31.0 Å². The maximum absolute atomic E-state index is 13.4. The SMILES string of the molecule is COc1c(Cl)cc(/C(O)=C2\C(=O)C(=O)N(C3CCCCC3)C2c2c[nH]c3ccccc23)cc1Cl. The average Bonchev–Trinajstić information content (AvgIpc) is 3.37. The van der Waals surface area contributed by atoms with Gasteiger partial charge in [-0.3, -0.25) is 9.59 Å².